The van der Waals surface area contributed by atoms with Crippen LogP contribution in [0.2, 0.25) is 0 Å². The summed E-state index contributed by atoms with van der Waals surface area (Å²) in [5.41, 5.74) is 1.00. The number of unbranched alkanes of at least 4 members (excludes halogenated alkanes) is 1. The average Bonchev–Trinajstić information content (AvgIpc) is 2.58. The van der Waals surface area contributed by atoms with Crippen molar-refractivity contribution in [1.29, 1.82) is 0 Å². The van der Waals surface area contributed by atoms with E-state index in [-0.39, 0.29) is 11.9 Å². The standard InChI is InChI=1S/C20H29NO2/c1-5-7-12-17(11-6-2)15-23-20(22)19(21-4)16(3)18-13-9-8-10-14-18/h8-10,13-14,16-17,19H,5-7,11-12,15H2,1-3H3/t16-,17?,19?/m0/s1. The summed E-state index contributed by atoms with van der Waals surface area (Å²) in [6, 6.07) is 8.95. The van der Waals surface area contributed by atoms with E-state index in [0.717, 1.165) is 37.7 Å². The third-order valence-electron chi connectivity index (χ3n) is 4.30. The van der Waals surface area contributed by atoms with Crippen LogP contribution in [-0.2, 0) is 9.53 Å². The van der Waals surface area contributed by atoms with Gasteiger partial charge < -0.3 is 9.58 Å². The van der Waals surface area contributed by atoms with Crippen molar-refractivity contribution in [2.45, 2.75) is 64.8 Å². The predicted octanol–water partition coefficient (Wildman–Crippen LogP) is 5.23. The first-order chi connectivity index (χ1) is 11.1. The molecule has 0 spiro atoms. The SMILES string of the molecule is [C-]#[N+]C(C(=O)OCC(CCC)CCCC)[C@@H](C)c1ccccc1. The number of nitrogens with zero attached hydrogens (tertiary/aromatic N) is 1. The second kappa shape index (κ2) is 10.8. The molecule has 0 aliphatic carbocycles. The van der Waals surface area contributed by atoms with E-state index >= 15 is 0 Å². The molecule has 0 aliphatic rings. The van der Waals surface area contributed by atoms with E-state index in [1.807, 2.05) is 37.3 Å². The molecule has 23 heavy (non-hydrogen) atoms. The Balaban J connectivity index is 2.61. The number of esters is 1. The van der Waals surface area contributed by atoms with Crippen LogP contribution >= 0.6 is 0 Å². The zero-order chi connectivity index (χ0) is 17.1. The fourth-order valence-electron chi connectivity index (χ4n) is 2.80. The summed E-state index contributed by atoms with van der Waals surface area (Å²) < 4.78 is 5.50. The molecular weight excluding hydrogens is 286 g/mol. The van der Waals surface area contributed by atoms with Crippen LogP contribution in [0.5, 0.6) is 0 Å². The predicted molar refractivity (Wildman–Crippen MR) is 94.1 cm³/mol. The Morgan fingerprint density at radius 3 is 2.43 bits per heavy atom. The van der Waals surface area contributed by atoms with Gasteiger partial charge in [-0.2, -0.15) is 0 Å². The van der Waals surface area contributed by atoms with Gasteiger partial charge in [0, 0.05) is 0 Å². The lowest BCUT2D eigenvalue weighted by Crippen LogP contribution is -2.27. The van der Waals surface area contributed by atoms with Crippen molar-refractivity contribution in [2.75, 3.05) is 6.61 Å². The molecule has 0 aromatic heterocycles. The Labute approximate surface area is 140 Å². The molecule has 1 aromatic carbocycles. The van der Waals surface area contributed by atoms with E-state index in [0.29, 0.717) is 12.5 Å². The zero-order valence-electron chi connectivity index (χ0n) is 14.6. The normalized spacial score (nSPS) is 14.5. The lowest BCUT2D eigenvalue weighted by atomic mass is 9.93. The van der Waals surface area contributed by atoms with E-state index in [2.05, 4.69) is 18.7 Å². The Morgan fingerprint density at radius 1 is 1.17 bits per heavy atom. The molecule has 3 atom stereocenters. The maximum absolute atomic E-state index is 12.3. The number of hydrogen-bond acceptors (Lipinski definition) is 2. The first kappa shape index (κ1) is 19.2. The lowest BCUT2D eigenvalue weighted by Gasteiger charge is -2.18. The van der Waals surface area contributed by atoms with Gasteiger partial charge in [0.05, 0.1) is 12.5 Å². The summed E-state index contributed by atoms with van der Waals surface area (Å²) in [5.74, 6) is -0.113. The van der Waals surface area contributed by atoms with Crippen molar-refractivity contribution >= 4 is 5.97 Å². The molecule has 0 saturated carbocycles. The van der Waals surface area contributed by atoms with Crippen molar-refractivity contribution < 1.29 is 9.53 Å². The third-order valence-corrected chi connectivity index (χ3v) is 4.30. The molecule has 3 nitrogen and oxygen atoms in total. The van der Waals surface area contributed by atoms with E-state index in [9.17, 15) is 4.79 Å². The van der Waals surface area contributed by atoms with Gasteiger partial charge in [0.25, 0.3) is 0 Å². The van der Waals surface area contributed by atoms with Gasteiger partial charge in [-0.3, -0.25) is 0 Å². The molecule has 3 heteroatoms. The Bertz CT molecular complexity index is 492. The topological polar surface area (TPSA) is 30.7 Å². The van der Waals surface area contributed by atoms with Gasteiger partial charge in [-0.25, -0.2) is 11.4 Å². The van der Waals surface area contributed by atoms with Gasteiger partial charge in [-0.15, -0.1) is 0 Å². The molecule has 0 heterocycles. The number of carbonyl (C=O) groups is 1. The number of ether oxygens (including phenoxy) is 1. The third kappa shape index (κ3) is 6.44. The summed E-state index contributed by atoms with van der Waals surface area (Å²) in [4.78, 5) is 15.9. The smallest absolute Gasteiger partial charge is 0.390 e. The number of hydrogen-bond donors (Lipinski definition) is 0. The number of benzene rings is 1. The van der Waals surface area contributed by atoms with Crippen LogP contribution in [0.4, 0.5) is 0 Å². The molecule has 0 radical (unpaired) electrons. The van der Waals surface area contributed by atoms with E-state index in [1.165, 1.54) is 0 Å². The van der Waals surface area contributed by atoms with E-state index in [4.69, 9.17) is 11.3 Å². The van der Waals surface area contributed by atoms with Crippen LogP contribution in [0, 0.1) is 12.5 Å². The van der Waals surface area contributed by atoms with Crippen molar-refractivity contribution in [3.05, 3.63) is 47.3 Å². The van der Waals surface area contributed by atoms with Crippen molar-refractivity contribution in [3.8, 4) is 0 Å². The summed E-state index contributed by atoms with van der Waals surface area (Å²) in [7, 11) is 0. The molecule has 0 aliphatic heterocycles. The van der Waals surface area contributed by atoms with Crippen molar-refractivity contribution in [2.24, 2.45) is 5.92 Å². The van der Waals surface area contributed by atoms with Gasteiger partial charge in [0.2, 0.25) is 0 Å². The molecule has 1 aromatic rings. The molecule has 2 unspecified atom stereocenters. The summed E-state index contributed by atoms with van der Waals surface area (Å²) >= 11 is 0. The highest BCUT2D eigenvalue weighted by Crippen LogP contribution is 2.23. The molecule has 1 rings (SSSR count). The van der Waals surface area contributed by atoms with Gasteiger partial charge in [0.15, 0.2) is 0 Å². The van der Waals surface area contributed by atoms with Crippen LogP contribution in [0.15, 0.2) is 30.3 Å². The van der Waals surface area contributed by atoms with Crippen LogP contribution in [0.3, 0.4) is 0 Å². The monoisotopic (exact) mass is 315 g/mol. The molecule has 126 valence electrons. The lowest BCUT2D eigenvalue weighted by molar-refractivity contribution is -0.146. The highest BCUT2D eigenvalue weighted by atomic mass is 16.5. The summed E-state index contributed by atoms with van der Waals surface area (Å²) in [5, 5.41) is 0. The minimum atomic E-state index is -0.758. The van der Waals surface area contributed by atoms with Crippen LogP contribution in [0.1, 0.15) is 64.4 Å². The van der Waals surface area contributed by atoms with Crippen molar-refractivity contribution in [3.63, 3.8) is 0 Å². The van der Waals surface area contributed by atoms with Gasteiger partial charge in [-0.1, -0.05) is 70.4 Å². The minimum absolute atomic E-state index is 0.151. The molecule has 0 N–H and O–H groups in total. The minimum Gasteiger partial charge on any atom is -0.460 e. The van der Waals surface area contributed by atoms with Crippen LogP contribution in [-0.4, -0.2) is 18.6 Å². The Kier molecular flexibility index (Phi) is 9.05. The fraction of sp³-hybridized carbons (Fsp3) is 0.600. The first-order valence-electron chi connectivity index (χ1n) is 8.72. The summed E-state index contributed by atoms with van der Waals surface area (Å²) in [6.07, 6.45) is 5.58. The highest BCUT2D eigenvalue weighted by molar-refractivity contribution is 5.79. The van der Waals surface area contributed by atoms with Gasteiger partial charge in [-0.05, 0) is 24.3 Å². The maximum atomic E-state index is 12.3. The highest BCUT2D eigenvalue weighted by Gasteiger charge is 2.33. The number of rotatable bonds is 10. The zero-order valence-corrected chi connectivity index (χ0v) is 14.6. The van der Waals surface area contributed by atoms with Crippen LogP contribution < -0.4 is 0 Å². The average molecular weight is 315 g/mol. The Hall–Kier alpha value is -1.82. The van der Waals surface area contributed by atoms with Gasteiger partial charge >= 0.3 is 12.0 Å². The van der Waals surface area contributed by atoms with Crippen molar-refractivity contribution in [1.82, 2.24) is 0 Å². The fourth-order valence-corrected chi connectivity index (χ4v) is 2.80. The maximum Gasteiger partial charge on any atom is 0.390 e. The van der Waals surface area contributed by atoms with E-state index in [1.54, 1.807) is 0 Å². The molecule has 0 amide bonds. The summed E-state index contributed by atoms with van der Waals surface area (Å²) in [6.45, 7) is 14.1. The van der Waals surface area contributed by atoms with Crippen LogP contribution in [0.25, 0.3) is 4.85 Å². The molecule has 0 bridgehead atoms. The quantitative estimate of drug-likeness (QED) is 0.437. The Morgan fingerprint density at radius 2 is 1.87 bits per heavy atom. The largest absolute Gasteiger partial charge is 0.460 e. The first-order valence-corrected chi connectivity index (χ1v) is 8.72. The number of carbonyl (C=O) groups excluding carboxylic acids is 1. The van der Waals surface area contributed by atoms with Gasteiger partial charge in [0.1, 0.15) is 0 Å². The molecule has 0 fully saturated rings. The molecule has 0 saturated heterocycles. The molecular formula is C20H29NO2. The second-order valence-electron chi connectivity index (χ2n) is 6.20. The second-order valence-corrected chi connectivity index (χ2v) is 6.20. The van der Waals surface area contributed by atoms with E-state index < -0.39 is 6.04 Å².